The summed E-state index contributed by atoms with van der Waals surface area (Å²) < 4.78 is 29.6. The van der Waals surface area contributed by atoms with Crippen molar-refractivity contribution in [1.82, 2.24) is 9.29 Å². The molecule has 212 valence electrons. The monoisotopic (exact) mass is 580 g/mol. The molecule has 1 fully saturated rings. The van der Waals surface area contributed by atoms with Crippen LogP contribution in [0.1, 0.15) is 18.9 Å². The molecule has 4 aromatic carbocycles. The van der Waals surface area contributed by atoms with Gasteiger partial charge in [0, 0.05) is 36.3 Å². The number of amides is 3. The zero-order chi connectivity index (χ0) is 29.4. The second-order valence-corrected chi connectivity index (χ2v) is 12.1. The van der Waals surface area contributed by atoms with E-state index in [1.807, 2.05) is 54.7 Å². The minimum absolute atomic E-state index is 0.00396. The second-order valence-electron chi connectivity index (χ2n) is 10.2. The number of imide groups is 1. The van der Waals surface area contributed by atoms with E-state index in [4.69, 9.17) is 0 Å². The highest BCUT2D eigenvalue weighted by Crippen LogP contribution is 2.32. The summed E-state index contributed by atoms with van der Waals surface area (Å²) in [6, 6.07) is 25.1. The summed E-state index contributed by atoms with van der Waals surface area (Å²) in [4.78, 5) is 42.7. The van der Waals surface area contributed by atoms with Crippen LogP contribution in [0.3, 0.4) is 0 Å². The fourth-order valence-electron chi connectivity index (χ4n) is 5.49. The van der Waals surface area contributed by atoms with E-state index in [1.54, 1.807) is 36.4 Å². The molecule has 42 heavy (non-hydrogen) atoms. The van der Waals surface area contributed by atoms with Crippen molar-refractivity contribution in [2.75, 3.05) is 16.8 Å². The smallest absolute Gasteiger partial charge is 0.252 e. The van der Waals surface area contributed by atoms with Crippen LogP contribution in [0, 0.1) is 0 Å². The average molecular weight is 581 g/mol. The molecule has 6 rings (SSSR count). The average Bonchev–Trinajstić information content (AvgIpc) is 3.52. The van der Waals surface area contributed by atoms with Gasteiger partial charge in [-0.05, 0) is 65.2 Å². The molecule has 2 heterocycles. The first kappa shape index (κ1) is 27.4. The third-order valence-corrected chi connectivity index (χ3v) is 9.42. The predicted octanol–water partition coefficient (Wildman–Crippen LogP) is 4.85. The topological polar surface area (TPSA) is 120 Å². The predicted molar refractivity (Wildman–Crippen MR) is 161 cm³/mol. The van der Waals surface area contributed by atoms with E-state index in [0.29, 0.717) is 17.8 Å². The van der Waals surface area contributed by atoms with Crippen molar-refractivity contribution in [3.63, 3.8) is 0 Å². The molecule has 0 aliphatic carbocycles. The van der Waals surface area contributed by atoms with Crippen molar-refractivity contribution in [2.45, 2.75) is 30.7 Å². The summed E-state index contributed by atoms with van der Waals surface area (Å²) in [6.45, 7) is 1.38. The first-order chi connectivity index (χ1) is 20.2. The van der Waals surface area contributed by atoms with Crippen LogP contribution in [-0.2, 0) is 30.8 Å². The number of aromatic nitrogens is 1. The number of carbonyl (C=O) groups excluding carboxylic acids is 3. The third kappa shape index (κ3) is 5.06. The van der Waals surface area contributed by atoms with E-state index in [1.165, 1.54) is 17.3 Å². The molecule has 1 aliphatic rings. The van der Waals surface area contributed by atoms with Crippen LogP contribution in [-0.4, -0.2) is 48.0 Å². The quantitative estimate of drug-likeness (QED) is 0.255. The van der Waals surface area contributed by atoms with Gasteiger partial charge < -0.3 is 10.3 Å². The van der Waals surface area contributed by atoms with E-state index in [9.17, 15) is 22.8 Å². The van der Waals surface area contributed by atoms with Gasteiger partial charge in [-0.3, -0.25) is 14.4 Å². The summed E-state index contributed by atoms with van der Waals surface area (Å²) in [6.07, 6.45) is 1.89. The van der Waals surface area contributed by atoms with Crippen molar-refractivity contribution < 1.29 is 22.8 Å². The molecule has 3 amide bonds. The first-order valence-corrected chi connectivity index (χ1v) is 15.0. The number of hydrogen-bond acceptors (Lipinski definition) is 5. The molecule has 0 saturated carbocycles. The Morgan fingerprint density at radius 1 is 0.952 bits per heavy atom. The highest BCUT2D eigenvalue weighted by Gasteiger charge is 2.46. The number of sulfonamides is 1. The molecule has 0 spiro atoms. The Bertz CT molecular complexity index is 1950. The van der Waals surface area contributed by atoms with E-state index in [0.717, 1.165) is 32.1 Å². The molecule has 5 aromatic rings. The Kier molecular flexibility index (Phi) is 7.09. The van der Waals surface area contributed by atoms with Gasteiger partial charge in [-0.2, -0.15) is 4.31 Å². The van der Waals surface area contributed by atoms with Crippen molar-refractivity contribution in [1.29, 1.82) is 0 Å². The molecule has 1 atom stereocenters. The van der Waals surface area contributed by atoms with Gasteiger partial charge in [-0.1, -0.05) is 48.5 Å². The summed E-state index contributed by atoms with van der Waals surface area (Å²) >= 11 is 0. The Morgan fingerprint density at radius 3 is 2.43 bits per heavy atom. The lowest BCUT2D eigenvalue weighted by atomic mass is 10.1. The molecule has 1 aromatic heterocycles. The minimum Gasteiger partial charge on any atom is -0.361 e. The first-order valence-electron chi connectivity index (χ1n) is 13.5. The maximum Gasteiger partial charge on any atom is 0.252 e. The van der Waals surface area contributed by atoms with E-state index < -0.39 is 27.9 Å². The molecule has 1 saturated heterocycles. The Hall–Kier alpha value is -4.80. The summed E-state index contributed by atoms with van der Waals surface area (Å²) in [5.41, 5.74) is 2.66. The number of benzene rings is 4. The van der Waals surface area contributed by atoms with Crippen LogP contribution >= 0.6 is 0 Å². The van der Waals surface area contributed by atoms with Crippen molar-refractivity contribution in [3.8, 4) is 0 Å². The van der Waals surface area contributed by atoms with Crippen LogP contribution in [0.4, 0.5) is 11.4 Å². The standard InChI is InChI=1S/C32H28N4O5S/c1-21(37)34-25-11-13-26(14-12-25)36-31(38)19-30(32(36)39)35(17-16-24-20-33-29-9-5-4-8-28(24)29)42(40,41)27-15-10-22-6-2-3-7-23(22)18-27/h2-15,18,20,30,33H,16-17,19H2,1H3,(H,34,37). The zero-order valence-electron chi connectivity index (χ0n) is 22.8. The Labute approximate surface area is 242 Å². The Balaban J connectivity index is 1.36. The zero-order valence-corrected chi connectivity index (χ0v) is 23.6. The molecule has 1 unspecified atom stereocenters. The van der Waals surface area contributed by atoms with Gasteiger partial charge in [0.05, 0.1) is 17.0 Å². The number of aromatic amines is 1. The SMILES string of the molecule is CC(=O)Nc1ccc(N2C(=O)CC(N(CCc3c[nH]c4ccccc34)S(=O)(=O)c3ccc4ccccc4c3)C2=O)cc1. The van der Waals surface area contributed by atoms with Gasteiger partial charge in [0.1, 0.15) is 6.04 Å². The van der Waals surface area contributed by atoms with Gasteiger partial charge in [0.25, 0.3) is 5.91 Å². The number of nitrogens with one attached hydrogen (secondary N) is 2. The van der Waals surface area contributed by atoms with Crippen molar-refractivity contribution in [2.24, 2.45) is 0 Å². The van der Waals surface area contributed by atoms with Gasteiger partial charge in [-0.25, -0.2) is 13.3 Å². The molecular weight excluding hydrogens is 552 g/mol. The van der Waals surface area contributed by atoms with E-state index in [-0.39, 0.29) is 23.8 Å². The number of hydrogen-bond donors (Lipinski definition) is 2. The summed E-state index contributed by atoms with van der Waals surface area (Å²) in [5.74, 6) is -1.36. The molecule has 9 nitrogen and oxygen atoms in total. The van der Waals surface area contributed by atoms with E-state index in [2.05, 4.69) is 10.3 Å². The number of anilines is 2. The molecular formula is C32H28N4O5S. The van der Waals surface area contributed by atoms with Crippen LogP contribution in [0.25, 0.3) is 21.7 Å². The molecule has 1 aliphatic heterocycles. The highest BCUT2D eigenvalue weighted by atomic mass is 32.2. The maximum absolute atomic E-state index is 14.2. The van der Waals surface area contributed by atoms with Crippen LogP contribution < -0.4 is 10.2 Å². The molecule has 0 radical (unpaired) electrons. The number of carbonyl (C=O) groups is 3. The Morgan fingerprint density at radius 2 is 1.67 bits per heavy atom. The summed E-state index contributed by atoms with van der Waals surface area (Å²) in [7, 11) is -4.19. The van der Waals surface area contributed by atoms with Crippen LogP contribution in [0.15, 0.2) is 102 Å². The molecule has 10 heteroatoms. The third-order valence-electron chi connectivity index (χ3n) is 7.52. The number of nitrogens with zero attached hydrogens (tertiary/aromatic N) is 2. The highest BCUT2D eigenvalue weighted by molar-refractivity contribution is 7.89. The summed E-state index contributed by atoms with van der Waals surface area (Å²) in [5, 5.41) is 5.26. The lowest BCUT2D eigenvalue weighted by Gasteiger charge is -2.27. The number of H-pyrrole nitrogens is 1. The fourth-order valence-corrected chi connectivity index (χ4v) is 7.10. The van der Waals surface area contributed by atoms with Gasteiger partial charge in [0.15, 0.2) is 0 Å². The van der Waals surface area contributed by atoms with E-state index >= 15 is 0 Å². The second kappa shape index (κ2) is 10.9. The largest absolute Gasteiger partial charge is 0.361 e. The van der Waals surface area contributed by atoms with Gasteiger partial charge in [-0.15, -0.1) is 0 Å². The van der Waals surface area contributed by atoms with Gasteiger partial charge in [0.2, 0.25) is 21.8 Å². The maximum atomic E-state index is 14.2. The molecule has 0 bridgehead atoms. The minimum atomic E-state index is -4.19. The van der Waals surface area contributed by atoms with Crippen LogP contribution in [0.5, 0.6) is 0 Å². The number of fused-ring (bicyclic) bond motifs is 2. The number of para-hydroxylation sites is 1. The van der Waals surface area contributed by atoms with Crippen molar-refractivity contribution in [3.05, 3.63) is 103 Å². The molecule has 2 N–H and O–H groups in total. The fraction of sp³-hybridized carbons (Fsp3) is 0.156. The van der Waals surface area contributed by atoms with Crippen LogP contribution in [0.2, 0.25) is 0 Å². The number of rotatable bonds is 8. The van der Waals surface area contributed by atoms with Gasteiger partial charge >= 0.3 is 0 Å². The normalized spacial score (nSPS) is 15.7. The van der Waals surface area contributed by atoms with Crippen molar-refractivity contribution >= 4 is 60.8 Å². The lowest BCUT2D eigenvalue weighted by Crippen LogP contribution is -2.46. The lowest BCUT2D eigenvalue weighted by molar-refractivity contribution is -0.122.